The van der Waals surface area contributed by atoms with Gasteiger partial charge in [-0.1, -0.05) is 12.8 Å². The van der Waals surface area contributed by atoms with Crippen LogP contribution in [0.3, 0.4) is 0 Å². The molecule has 112 valence electrons. The van der Waals surface area contributed by atoms with Crippen LogP contribution in [-0.2, 0) is 9.53 Å². The molecule has 1 aliphatic carbocycles. The smallest absolute Gasteiger partial charge is 0.239 e. The molecule has 2 aliphatic rings. The van der Waals surface area contributed by atoms with Gasteiger partial charge in [0.2, 0.25) is 5.91 Å². The fourth-order valence-corrected chi connectivity index (χ4v) is 3.33. The zero-order valence-electron chi connectivity index (χ0n) is 12.1. The first-order chi connectivity index (χ1) is 8.72. The van der Waals surface area contributed by atoms with Crippen LogP contribution in [0.4, 0.5) is 0 Å². The zero-order valence-corrected chi connectivity index (χ0v) is 12.9. The van der Waals surface area contributed by atoms with E-state index in [1.807, 2.05) is 11.9 Å². The lowest BCUT2D eigenvalue weighted by Crippen LogP contribution is -2.44. The summed E-state index contributed by atoms with van der Waals surface area (Å²) in [4.78, 5) is 14.2. The van der Waals surface area contributed by atoms with Crippen LogP contribution in [0.15, 0.2) is 0 Å². The van der Waals surface area contributed by atoms with E-state index >= 15 is 0 Å². The largest absolute Gasteiger partial charge is 0.385 e. The Morgan fingerprint density at radius 2 is 2.11 bits per heavy atom. The van der Waals surface area contributed by atoms with Gasteiger partial charge in [0, 0.05) is 33.4 Å². The van der Waals surface area contributed by atoms with Crippen LogP contribution < -0.4 is 5.32 Å². The number of hydrogen-bond donors (Lipinski definition) is 1. The molecule has 1 amide bonds. The maximum atomic E-state index is 12.3. The molecule has 3 unspecified atom stereocenters. The molecule has 19 heavy (non-hydrogen) atoms. The minimum absolute atomic E-state index is 0. The predicted octanol–water partition coefficient (Wildman–Crippen LogP) is 1.82. The lowest BCUT2D eigenvalue weighted by atomic mass is 9.85. The Labute approximate surface area is 122 Å². The van der Waals surface area contributed by atoms with E-state index in [4.69, 9.17) is 4.74 Å². The van der Waals surface area contributed by atoms with Crippen LogP contribution in [0, 0.1) is 5.92 Å². The molecular weight excluding hydrogens is 264 g/mol. The fourth-order valence-electron chi connectivity index (χ4n) is 3.33. The number of hydrogen-bond acceptors (Lipinski definition) is 3. The van der Waals surface area contributed by atoms with Crippen LogP contribution in [0.2, 0.25) is 0 Å². The van der Waals surface area contributed by atoms with Gasteiger partial charge in [0.15, 0.2) is 0 Å². The average Bonchev–Trinajstić information content (AvgIpc) is 2.81. The van der Waals surface area contributed by atoms with E-state index in [0.29, 0.717) is 6.04 Å². The Balaban J connectivity index is 0.00000180. The van der Waals surface area contributed by atoms with Crippen molar-refractivity contribution in [2.45, 2.75) is 50.6 Å². The molecule has 1 heterocycles. The number of methoxy groups -OCH3 is 1. The summed E-state index contributed by atoms with van der Waals surface area (Å²) in [6, 6.07) is 0.658. The standard InChI is InChI=1S/C14H26N2O2.ClH/c1-16(8-5-9-18-2)14(17)13-10-11-6-3-4-7-12(11)15-13;/h11-13,15H,3-10H2,1-2H3;1H. The topological polar surface area (TPSA) is 41.6 Å². The van der Waals surface area contributed by atoms with Crippen LogP contribution >= 0.6 is 12.4 Å². The molecule has 0 aromatic carbocycles. The van der Waals surface area contributed by atoms with Gasteiger partial charge >= 0.3 is 0 Å². The molecule has 2 fully saturated rings. The van der Waals surface area contributed by atoms with Crippen molar-refractivity contribution in [2.75, 3.05) is 27.3 Å². The molecule has 1 saturated carbocycles. The first-order valence-electron chi connectivity index (χ1n) is 7.22. The second-order valence-corrected chi connectivity index (χ2v) is 5.71. The Kier molecular flexibility index (Phi) is 7.11. The number of rotatable bonds is 5. The molecule has 0 aromatic heterocycles. The normalized spacial score (nSPS) is 29.5. The summed E-state index contributed by atoms with van der Waals surface area (Å²) >= 11 is 0. The van der Waals surface area contributed by atoms with Crippen molar-refractivity contribution in [3.05, 3.63) is 0 Å². The van der Waals surface area contributed by atoms with E-state index in [1.165, 1.54) is 25.7 Å². The van der Waals surface area contributed by atoms with Gasteiger partial charge in [-0.2, -0.15) is 0 Å². The van der Waals surface area contributed by atoms with Crippen LogP contribution in [-0.4, -0.2) is 50.2 Å². The molecule has 1 aliphatic heterocycles. The number of fused-ring (bicyclic) bond motifs is 1. The molecule has 1 saturated heterocycles. The molecule has 0 radical (unpaired) electrons. The molecule has 0 bridgehead atoms. The number of likely N-dealkylation sites (N-methyl/N-ethyl adjacent to an activating group) is 1. The summed E-state index contributed by atoms with van der Waals surface area (Å²) in [5.74, 6) is 1.00. The lowest BCUT2D eigenvalue weighted by molar-refractivity contribution is -0.132. The molecule has 1 N–H and O–H groups in total. The van der Waals surface area contributed by atoms with E-state index in [0.717, 1.165) is 31.9 Å². The molecule has 0 aromatic rings. The van der Waals surface area contributed by atoms with E-state index in [1.54, 1.807) is 7.11 Å². The number of ether oxygens (including phenoxy) is 1. The Morgan fingerprint density at radius 1 is 1.37 bits per heavy atom. The predicted molar refractivity (Wildman–Crippen MR) is 78.7 cm³/mol. The highest BCUT2D eigenvalue weighted by Gasteiger charge is 2.38. The molecule has 2 rings (SSSR count). The quantitative estimate of drug-likeness (QED) is 0.786. The highest BCUT2D eigenvalue weighted by molar-refractivity contribution is 5.85. The lowest BCUT2D eigenvalue weighted by Gasteiger charge is -2.24. The summed E-state index contributed by atoms with van der Waals surface area (Å²) in [5, 5.41) is 3.54. The van der Waals surface area contributed by atoms with Gasteiger partial charge in [0.25, 0.3) is 0 Å². The first kappa shape index (κ1) is 16.7. The maximum Gasteiger partial charge on any atom is 0.239 e. The van der Waals surface area contributed by atoms with Crippen LogP contribution in [0.1, 0.15) is 38.5 Å². The van der Waals surface area contributed by atoms with Gasteiger partial charge in [-0.05, 0) is 31.6 Å². The van der Waals surface area contributed by atoms with Crippen LogP contribution in [0.25, 0.3) is 0 Å². The van der Waals surface area contributed by atoms with Crippen molar-refractivity contribution < 1.29 is 9.53 Å². The van der Waals surface area contributed by atoms with Gasteiger partial charge < -0.3 is 15.0 Å². The number of carbonyl (C=O) groups excluding carboxylic acids is 1. The average molecular weight is 291 g/mol. The van der Waals surface area contributed by atoms with E-state index in [2.05, 4.69) is 5.32 Å². The number of nitrogens with zero attached hydrogens (tertiary/aromatic N) is 1. The number of carbonyl (C=O) groups is 1. The highest BCUT2D eigenvalue weighted by atomic mass is 35.5. The van der Waals surface area contributed by atoms with Gasteiger partial charge in [0.1, 0.15) is 0 Å². The van der Waals surface area contributed by atoms with Crippen molar-refractivity contribution in [3.8, 4) is 0 Å². The van der Waals surface area contributed by atoms with E-state index in [9.17, 15) is 4.79 Å². The Bertz CT molecular complexity index is 275. The number of halogens is 1. The third kappa shape index (κ3) is 4.33. The summed E-state index contributed by atoms with van der Waals surface area (Å²) < 4.78 is 5.02. The summed E-state index contributed by atoms with van der Waals surface area (Å²) in [5.41, 5.74) is 0. The minimum Gasteiger partial charge on any atom is -0.385 e. The second kappa shape index (κ2) is 8.08. The van der Waals surface area contributed by atoms with Gasteiger partial charge in [-0.25, -0.2) is 0 Å². The van der Waals surface area contributed by atoms with Gasteiger partial charge in [-0.3, -0.25) is 4.79 Å². The number of nitrogens with one attached hydrogen (secondary N) is 1. The highest BCUT2D eigenvalue weighted by Crippen LogP contribution is 2.33. The fraction of sp³-hybridized carbons (Fsp3) is 0.929. The molecule has 4 nitrogen and oxygen atoms in total. The van der Waals surface area contributed by atoms with Gasteiger partial charge in [0.05, 0.1) is 6.04 Å². The van der Waals surface area contributed by atoms with Gasteiger partial charge in [-0.15, -0.1) is 12.4 Å². The van der Waals surface area contributed by atoms with E-state index < -0.39 is 0 Å². The van der Waals surface area contributed by atoms with Crippen molar-refractivity contribution in [2.24, 2.45) is 5.92 Å². The summed E-state index contributed by atoms with van der Waals surface area (Å²) in [6.07, 6.45) is 7.17. The van der Waals surface area contributed by atoms with Crippen molar-refractivity contribution in [1.29, 1.82) is 0 Å². The molecule has 5 heteroatoms. The van der Waals surface area contributed by atoms with Crippen molar-refractivity contribution in [3.63, 3.8) is 0 Å². The molecular formula is C14H27ClN2O2. The Hall–Kier alpha value is -0.320. The van der Waals surface area contributed by atoms with Crippen molar-refractivity contribution >= 4 is 18.3 Å². The minimum atomic E-state index is 0. The molecule has 3 atom stereocenters. The second-order valence-electron chi connectivity index (χ2n) is 5.71. The summed E-state index contributed by atoms with van der Waals surface area (Å²) in [7, 11) is 3.60. The SMILES string of the molecule is COCCCN(C)C(=O)C1CC2CCCCC2N1.Cl. The first-order valence-corrected chi connectivity index (χ1v) is 7.22. The number of amides is 1. The Morgan fingerprint density at radius 3 is 2.79 bits per heavy atom. The van der Waals surface area contributed by atoms with Crippen LogP contribution in [0.5, 0.6) is 0 Å². The molecule has 0 spiro atoms. The monoisotopic (exact) mass is 290 g/mol. The van der Waals surface area contributed by atoms with E-state index in [-0.39, 0.29) is 24.4 Å². The zero-order chi connectivity index (χ0) is 13.0. The third-order valence-electron chi connectivity index (χ3n) is 4.38. The summed E-state index contributed by atoms with van der Waals surface area (Å²) in [6.45, 7) is 1.52. The maximum absolute atomic E-state index is 12.3. The van der Waals surface area contributed by atoms with Crippen molar-refractivity contribution in [1.82, 2.24) is 10.2 Å². The third-order valence-corrected chi connectivity index (χ3v) is 4.38.